The van der Waals surface area contributed by atoms with Gasteiger partial charge < -0.3 is 9.72 Å². The maximum Gasteiger partial charge on any atom is 0.0594 e. The van der Waals surface area contributed by atoms with Gasteiger partial charge in [-0.1, -0.05) is 54.6 Å². The summed E-state index contributed by atoms with van der Waals surface area (Å²) in [6.45, 7) is 4.67. The molecule has 0 unspecified atom stereocenters. The molecule has 0 bridgehead atoms. The third-order valence-corrected chi connectivity index (χ3v) is 5.36. The number of morpholine rings is 1. The van der Waals surface area contributed by atoms with E-state index in [1.807, 2.05) is 0 Å². The Morgan fingerprint density at radius 1 is 0.889 bits per heavy atom. The molecule has 0 radical (unpaired) electrons. The Morgan fingerprint density at radius 2 is 1.70 bits per heavy atom. The molecule has 27 heavy (non-hydrogen) atoms. The van der Waals surface area contributed by atoms with Crippen molar-refractivity contribution in [3.05, 3.63) is 72.4 Å². The minimum atomic E-state index is 0. The summed E-state index contributed by atoms with van der Waals surface area (Å²) >= 11 is 0. The van der Waals surface area contributed by atoms with Crippen molar-refractivity contribution >= 4 is 34.1 Å². The number of H-pyrrole nitrogens is 1. The molecule has 0 aliphatic carbocycles. The monoisotopic (exact) mass is 378 g/mol. The first-order chi connectivity index (χ1) is 12.9. The first-order valence-electron chi connectivity index (χ1n) is 9.27. The summed E-state index contributed by atoms with van der Waals surface area (Å²) in [6.07, 6.45) is 2.17. The molecule has 0 saturated carbocycles. The Morgan fingerprint density at radius 3 is 2.56 bits per heavy atom. The van der Waals surface area contributed by atoms with Crippen molar-refractivity contribution in [3.63, 3.8) is 0 Å². The van der Waals surface area contributed by atoms with E-state index < -0.39 is 0 Å². The summed E-state index contributed by atoms with van der Waals surface area (Å²) in [7, 11) is 0. The van der Waals surface area contributed by atoms with E-state index in [2.05, 4.69) is 76.7 Å². The van der Waals surface area contributed by atoms with E-state index in [0.717, 1.165) is 32.8 Å². The second kappa shape index (κ2) is 7.73. The molecule has 3 nitrogen and oxygen atoms in total. The zero-order chi connectivity index (χ0) is 17.3. The lowest BCUT2D eigenvalue weighted by atomic mass is 9.99. The molecule has 1 saturated heterocycles. The van der Waals surface area contributed by atoms with Gasteiger partial charge in [0.1, 0.15) is 0 Å². The van der Waals surface area contributed by atoms with E-state index in [0.29, 0.717) is 0 Å². The number of hydrogen-bond donors (Lipinski definition) is 1. The van der Waals surface area contributed by atoms with Gasteiger partial charge in [0.15, 0.2) is 0 Å². The number of rotatable bonds is 3. The third-order valence-electron chi connectivity index (χ3n) is 5.36. The molecule has 0 amide bonds. The second-order valence-corrected chi connectivity index (χ2v) is 6.99. The molecule has 5 rings (SSSR count). The van der Waals surface area contributed by atoms with Crippen LogP contribution in [0.2, 0.25) is 0 Å². The smallest absolute Gasteiger partial charge is 0.0594 e. The van der Waals surface area contributed by atoms with Crippen LogP contribution in [0.3, 0.4) is 0 Å². The van der Waals surface area contributed by atoms with Crippen molar-refractivity contribution in [2.75, 3.05) is 26.3 Å². The van der Waals surface area contributed by atoms with Gasteiger partial charge in [-0.25, -0.2) is 0 Å². The fourth-order valence-corrected chi connectivity index (χ4v) is 3.94. The largest absolute Gasteiger partial charge is 0.379 e. The summed E-state index contributed by atoms with van der Waals surface area (Å²) in [5, 5.41) is 3.88. The van der Waals surface area contributed by atoms with Crippen molar-refractivity contribution < 1.29 is 4.74 Å². The number of benzene rings is 3. The summed E-state index contributed by atoms with van der Waals surface area (Å²) in [5.41, 5.74) is 5.12. The van der Waals surface area contributed by atoms with Crippen molar-refractivity contribution in [1.29, 1.82) is 0 Å². The number of aromatic nitrogens is 1. The van der Waals surface area contributed by atoms with Crippen molar-refractivity contribution in [3.8, 4) is 11.1 Å². The van der Waals surface area contributed by atoms with Crippen molar-refractivity contribution in [2.45, 2.75) is 6.54 Å². The highest BCUT2D eigenvalue weighted by molar-refractivity contribution is 5.98. The summed E-state index contributed by atoms with van der Waals surface area (Å²) in [5.74, 6) is 0. The quantitative estimate of drug-likeness (QED) is 0.528. The standard InChI is InChI=1S/C23H22N2O.ClH/c1-2-5-18-14-19(9-8-17(18)4-1)21-6-3-7-22-20(15-24-23(21)22)16-25-10-12-26-13-11-25;/h1-9,14-15,24H,10-13,16H2;1H. The number of para-hydroxylation sites is 1. The average molecular weight is 379 g/mol. The molecule has 138 valence electrons. The van der Waals surface area contributed by atoms with Crippen LogP contribution in [0.5, 0.6) is 0 Å². The zero-order valence-electron chi connectivity index (χ0n) is 15.2. The van der Waals surface area contributed by atoms with Gasteiger partial charge in [0, 0.05) is 36.8 Å². The SMILES string of the molecule is Cl.c1ccc2cc(-c3cccc4c(CN5CCOCC5)c[nH]c34)ccc2c1. The van der Waals surface area contributed by atoms with Gasteiger partial charge in [0.2, 0.25) is 0 Å². The van der Waals surface area contributed by atoms with Crippen LogP contribution in [0.15, 0.2) is 66.9 Å². The molecule has 4 heteroatoms. The molecule has 1 N–H and O–H groups in total. The number of aromatic amines is 1. The van der Waals surface area contributed by atoms with Crippen LogP contribution in [-0.2, 0) is 11.3 Å². The summed E-state index contributed by atoms with van der Waals surface area (Å²) in [4.78, 5) is 6.00. The van der Waals surface area contributed by atoms with Crippen LogP contribution in [0.25, 0.3) is 32.8 Å². The highest BCUT2D eigenvalue weighted by Gasteiger charge is 2.14. The molecule has 1 aliphatic heterocycles. The number of halogens is 1. The van der Waals surface area contributed by atoms with Crippen LogP contribution in [-0.4, -0.2) is 36.2 Å². The van der Waals surface area contributed by atoms with Crippen LogP contribution in [0, 0.1) is 0 Å². The van der Waals surface area contributed by atoms with E-state index in [1.54, 1.807) is 0 Å². The summed E-state index contributed by atoms with van der Waals surface area (Å²) < 4.78 is 5.47. The predicted octanol–water partition coefficient (Wildman–Crippen LogP) is 5.24. The molecule has 1 fully saturated rings. The second-order valence-electron chi connectivity index (χ2n) is 6.99. The normalized spacial score (nSPS) is 15.1. The Kier molecular flexibility index (Phi) is 5.17. The topological polar surface area (TPSA) is 28.3 Å². The minimum Gasteiger partial charge on any atom is -0.379 e. The molecule has 0 atom stereocenters. The minimum absolute atomic E-state index is 0. The molecular weight excluding hydrogens is 356 g/mol. The van der Waals surface area contributed by atoms with Crippen molar-refractivity contribution in [1.82, 2.24) is 9.88 Å². The third kappa shape index (κ3) is 3.46. The maximum absolute atomic E-state index is 5.47. The van der Waals surface area contributed by atoms with E-state index in [4.69, 9.17) is 4.74 Å². The molecule has 3 aromatic carbocycles. The number of nitrogens with zero attached hydrogens (tertiary/aromatic N) is 1. The lowest BCUT2D eigenvalue weighted by molar-refractivity contribution is 0.0343. The highest BCUT2D eigenvalue weighted by atomic mass is 35.5. The van der Waals surface area contributed by atoms with Crippen molar-refractivity contribution in [2.24, 2.45) is 0 Å². The van der Waals surface area contributed by atoms with Gasteiger partial charge in [0.25, 0.3) is 0 Å². The molecule has 0 spiro atoms. The lowest BCUT2D eigenvalue weighted by Gasteiger charge is -2.26. The first kappa shape index (κ1) is 18.1. The summed E-state index contributed by atoms with van der Waals surface area (Å²) in [6, 6.07) is 21.9. The van der Waals surface area contributed by atoms with Crippen LogP contribution in [0.4, 0.5) is 0 Å². The number of ether oxygens (including phenoxy) is 1. The Bertz CT molecular complexity index is 1070. The fraction of sp³-hybridized carbons (Fsp3) is 0.217. The molecule has 1 aliphatic rings. The van der Waals surface area contributed by atoms with E-state index >= 15 is 0 Å². The van der Waals surface area contributed by atoms with Gasteiger partial charge in [-0.3, -0.25) is 4.90 Å². The first-order valence-corrected chi connectivity index (χ1v) is 9.27. The molecule has 1 aromatic heterocycles. The lowest BCUT2D eigenvalue weighted by Crippen LogP contribution is -2.35. The van der Waals surface area contributed by atoms with Crippen LogP contribution < -0.4 is 0 Å². The molecular formula is C23H23ClN2O. The molecule has 2 heterocycles. The average Bonchev–Trinajstić information content (AvgIpc) is 3.11. The van der Waals surface area contributed by atoms with Crippen LogP contribution in [0.1, 0.15) is 5.56 Å². The van der Waals surface area contributed by atoms with E-state index in [9.17, 15) is 0 Å². The highest BCUT2D eigenvalue weighted by Crippen LogP contribution is 2.32. The van der Waals surface area contributed by atoms with E-state index in [1.165, 1.54) is 38.4 Å². The fourth-order valence-electron chi connectivity index (χ4n) is 3.94. The van der Waals surface area contributed by atoms with Gasteiger partial charge in [0.05, 0.1) is 18.7 Å². The van der Waals surface area contributed by atoms with Gasteiger partial charge in [-0.2, -0.15) is 0 Å². The zero-order valence-corrected chi connectivity index (χ0v) is 16.0. The Hall–Kier alpha value is -2.33. The Labute approximate surface area is 165 Å². The Balaban J connectivity index is 0.00000180. The molecule has 4 aromatic rings. The number of nitrogens with one attached hydrogen (secondary N) is 1. The van der Waals surface area contributed by atoms with Gasteiger partial charge in [-0.15, -0.1) is 12.4 Å². The van der Waals surface area contributed by atoms with Gasteiger partial charge in [-0.05, 0) is 28.0 Å². The van der Waals surface area contributed by atoms with Gasteiger partial charge >= 0.3 is 0 Å². The number of fused-ring (bicyclic) bond motifs is 2. The van der Waals surface area contributed by atoms with Crippen LogP contribution >= 0.6 is 12.4 Å². The predicted molar refractivity (Wildman–Crippen MR) is 115 cm³/mol. The maximum atomic E-state index is 5.47. The van der Waals surface area contributed by atoms with E-state index in [-0.39, 0.29) is 12.4 Å². The number of hydrogen-bond acceptors (Lipinski definition) is 2.